The third-order valence-corrected chi connectivity index (χ3v) is 5.11. The lowest BCUT2D eigenvalue weighted by Gasteiger charge is -2.12. The zero-order valence-electron chi connectivity index (χ0n) is 17.1. The molecule has 0 aromatic heterocycles. The Kier molecular flexibility index (Phi) is 9.24. The van der Waals surface area contributed by atoms with Gasteiger partial charge in [-0.15, -0.1) is 0 Å². The average molecular weight is 436 g/mol. The van der Waals surface area contributed by atoms with Crippen LogP contribution in [0, 0.1) is 5.92 Å². The molecule has 0 heterocycles. The lowest BCUT2D eigenvalue weighted by molar-refractivity contribution is -0.138. The van der Waals surface area contributed by atoms with Gasteiger partial charge in [0.1, 0.15) is 0 Å². The molecule has 1 aliphatic rings. The van der Waals surface area contributed by atoms with Crippen LogP contribution in [0.5, 0.6) is 0 Å². The Morgan fingerprint density at radius 3 is 2.71 bits per heavy atom. The van der Waals surface area contributed by atoms with E-state index >= 15 is 0 Å². The summed E-state index contributed by atoms with van der Waals surface area (Å²) in [6.45, 7) is 0. The van der Waals surface area contributed by atoms with E-state index in [0.717, 1.165) is 12.1 Å². The van der Waals surface area contributed by atoms with Crippen LogP contribution in [0.1, 0.15) is 49.7 Å². The maximum atomic E-state index is 12.8. The normalized spacial score (nSPS) is 18.9. The molecule has 7 heteroatoms. The Morgan fingerprint density at radius 2 is 2.00 bits per heavy atom. The van der Waals surface area contributed by atoms with E-state index in [9.17, 15) is 27.9 Å². The molecule has 1 unspecified atom stereocenters. The molecule has 0 fully saturated rings. The number of hydrogen-bond donors (Lipinski definition) is 2. The maximum absolute atomic E-state index is 12.8. The number of rotatable bonds is 11. The molecule has 1 aliphatic carbocycles. The number of unbranched alkanes of at least 4 members (excludes halogenated alkanes) is 1. The second-order valence-electron chi connectivity index (χ2n) is 7.61. The second-order valence-corrected chi connectivity index (χ2v) is 7.61. The molecule has 2 N–H and O–H groups in total. The van der Waals surface area contributed by atoms with Gasteiger partial charge < -0.3 is 10.2 Å². The van der Waals surface area contributed by atoms with Crippen LogP contribution in [0.3, 0.4) is 0 Å². The summed E-state index contributed by atoms with van der Waals surface area (Å²) in [5.41, 5.74) is 0.405. The van der Waals surface area contributed by atoms with Crippen molar-refractivity contribution in [3.8, 4) is 0 Å². The average Bonchev–Trinajstić information content (AvgIpc) is 3.06. The number of alkyl halides is 3. The van der Waals surface area contributed by atoms with Gasteiger partial charge in [-0.1, -0.05) is 42.5 Å². The number of halogens is 3. The summed E-state index contributed by atoms with van der Waals surface area (Å²) >= 11 is 0. The predicted octanol–water partition coefficient (Wildman–Crippen LogP) is 5.27. The fourth-order valence-electron chi connectivity index (χ4n) is 3.39. The van der Waals surface area contributed by atoms with E-state index in [2.05, 4.69) is 0 Å². The first-order chi connectivity index (χ1) is 14.7. The molecule has 4 nitrogen and oxygen atoms in total. The third-order valence-electron chi connectivity index (χ3n) is 5.11. The summed E-state index contributed by atoms with van der Waals surface area (Å²) in [6, 6.07) is 5.07. The topological polar surface area (TPSA) is 74.6 Å². The van der Waals surface area contributed by atoms with Gasteiger partial charge in [0, 0.05) is 17.9 Å². The molecular weight excluding hydrogens is 409 g/mol. The van der Waals surface area contributed by atoms with Gasteiger partial charge in [-0.25, -0.2) is 0 Å². The highest BCUT2D eigenvalue weighted by Crippen LogP contribution is 2.30. The van der Waals surface area contributed by atoms with Gasteiger partial charge in [0.25, 0.3) is 0 Å². The van der Waals surface area contributed by atoms with E-state index in [1.807, 2.05) is 18.2 Å². The molecule has 0 saturated carbocycles. The van der Waals surface area contributed by atoms with Gasteiger partial charge >= 0.3 is 12.1 Å². The number of aryl methyl sites for hydroxylation is 1. The second kappa shape index (κ2) is 11.6. The summed E-state index contributed by atoms with van der Waals surface area (Å²) in [7, 11) is 0. The van der Waals surface area contributed by atoms with E-state index in [1.54, 1.807) is 12.1 Å². The molecule has 2 atom stereocenters. The minimum atomic E-state index is -4.39. The number of aliphatic hydroxyl groups excluding tert-OH is 1. The third kappa shape index (κ3) is 8.53. The van der Waals surface area contributed by atoms with E-state index in [4.69, 9.17) is 5.11 Å². The van der Waals surface area contributed by atoms with Gasteiger partial charge in [-0.05, 0) is 56.2 Å². The van der Waals surface area contributed by atoms with Crippen LogP contribution in [0.2, 0.25) is 0 Å². The van der Waals surface area contributed by atoms with Crippen LogP contribution in [0.15, 0.2) is 60.2 Å². The van der Waals surface area contributed by atoms with Crippen molar-refractivity contribution in [2.75, 3.05) is 0 Å². The lowest BCUT2D eigenvalue weighted by atomic mass is 9.95. The van der Waals surface area contributed by atoms with Crippen LogP contribution in [-0.2, 0) is 22.2 Å². The zero-order chi connectivity index (χ0) is 22.9. The summed E-state index contributed by atoms with van der Waals surface area (Å²) in [4.78, 5) is 22.6. The van der Waals surface area contributed by atoms with Crippen molar-refractivity contribution in [2.45, 2.75) is 57.2 Å². The number of aliphatic carboxylic acids is 1. The van der Waals surface area contributed by atoms with Gasteiger partial charge in [0.15, 0.2) is 5.78 Å². The molecule has 0 saturated heterocycles. The fraction of sp³-hybridized carbons (Fsp3) is 0.417. The molecule has 0 radical (unpaired) electrons. The molecule has 0 bridgehead atoms. The largest absolute Gasteiger partial charge is 0.481 e. The molecular formula is C24H27F3O4. The van der Waals surface area contributed by atoms with E-state index in [-0.39, 0.29) is 24.5 Å². The van der Waals surface area contributed by atoms with Crippen molar-refractivity contribution >= 4 is 11.8 Å². The number of hydrogen-bond acceptors (Lipinski definition) is 3. The number of aliphatic hydroxyl groups is 1. The van der Waals surface area contributed by atoms with Crippen LogP contribution in [0.25, 0.3) is 0 Å². The Bertz CT molecular complexity index is 853. The Morgan fingerprint density at radius 1 is 1.23 bits per heavy atom. The van der Waals surface area contributed by atoms with E-state index in [0.29, 0.717) is 43.2 Å². The monoisotopic (exact) mass is 436 g/mol. The summed E-state index contributed by atoms with van der Waals surface area (Å²) < 4.78 is 38.4. The Balaban J connectivity index is 1.83. The zero-order valence-corrected chi connectivity index (χ0v) is 17.1. The maximum Gasteiger partial charge on any atom is 0.416 e. The van der Waals surface area contributed by atoms with E-state index in [1.165, 1.54) is 12.1 Å². The van der Waals surface area contributed by atoms with Crippen LogP contribution in [0.4, 0.5) is 13.2 Å². The summed E-state index contributed by atoms with van der Waals surface area (Å²) in [6.07, 6.45) is 6.50. The number of carbonyl (C=O) groups excluding carboxylic acids is 1. The summed E-state index contributed by atoms with van der Waals surface area (Å²) in [5, 5.41) is 18.8. The summed E-state index contributed by atoms with van der Waals surface area (Å²) in [5.74, 6) is -1.01. The minimum Gasteiger partial charge on any atom is -0.481 e. The molecule has 1 aromatic carbocycles. The fourth-order valence-corrected chi connectivity index (χ4v) is 3.39. The Labute approximate surface area is 179 Å². The van der Waals surface area contributed by atoms with Gasteiger partial charge in [-0.3, -0.25) is 9.59 Å². The number of carboxylic acid groups (broad SMARTS) is 1. The van der Waals surface area contributed by atoms with Crippen LogP contribution in [-0.4, -0.2) is 28.1 Å². The smallest absolute Gasteiger partial charge is 0.416 e. The van der Waals surface area contributed by atoms with Crippen molar-refractivity contribution in [3.63, 3.8) is 0 Å². The molecule has 31 heavy (non-hydrogen) atoms. The highest BCUT2D eigenvalue weighted by Gasteiger charge is 2.30. The van der Waals surface area contributed by atoms with Crippen LogP contribution >= 0.6 is 0 Å². The highest BCUT2D eigenvalue weighted by atomic mass is 19.4. The first-order valence-electron chi connectivity index (χ1n) is 10.3. The van der Waals surface area contributed by atoms with Gasteiger partial charge in [-0.2, -0.15) is 13.2 Å². The highest BCUT2D eigenvalue weighted by molar-refractivity contribution is 6.07. The minimum absolute atomic E-state index is 0.0844. The van der Waals surface area contributed by atoms with Crippen molar-refractivity contribution in [1.29, 1.82) is 0 Å². The number of benzene rings is 1. The van der Waals surface area contributed by atoms with Gasteiger partial charge in [0.05, 0.1) is 11.7 Å². The quantitative estimate of drug-likeness (QED) is 0.281. The number of carboxylic acids is 1. The Hall–Kier alpha value is -2.67. The molecule has 1 aromatic rings. The number of ketones is 1. The molecule has 0 spiro atoms. The first kappa shape index (κ1) is 24.6. The van der Waals surface area contributed by atoms with Crippen molar-refractivity contribution in [1.82, 2.24) is 0 Å². The van der Waals surface area contributed by atoms with Crippen molar-refractivity contribution in [3.05, 3.63) is 71.3 Å². The predicted molar refractivity (Wildman–Crippen MR) is 111 cm³/mol. The van der Waals surface area contributed by atoms with Gasteiger partial charge in [0.2, 0.25) is 0 Å². The van der Waals surface area contributed by atoms with Crippen LogP contribution < -0.4 is 0 Å². The van der Waals surface area contributed by atoms with Crippen molar-refractivity contribution < 1.29 is 33.0 Å². The molecule has 2 rings (SSSR count). The number of carbonyl (C=O) groups is 2. The van der Waals surface area contributed by atoms with E-state index < -0.39 is 23.8 Å². The van der Waals surface area contributed by atoms with Crippen molar-refractivity contribution in [2.24, 2.45) is 5.92 Å². The standard InChI is InChI=1S/C24H27F3O4/c25-24(26,27)19-8-5-6-17(16-19)10-12-20(28)13-14-21-18(11-15-22(21)29)7-3-1-2-4-9-23(30)31/h1,3,5-6,8,11,14-16,18,20,28H,2,4,7,9-10,12-13H2,(H,30,31)/b3-1-,21-14+/t18?,20-/m0/s1. The number of allylic oxidation sites excluding steroid dienone is 5. The lowest BCUT2D eigenvalue weighted by Crippen LogP contribution is -2.10. The molecule has 0 amide bonds. The first-order valence-corrected chi connectivity index (χ1v) is 10.3. The SMILES string of the molecule is O=C(O)CCC/C=C\CC1C=CC(=O)/C1=C/C[C@@H](O)CCc1cccc(C(F)(F)F)c1. The molecule has 0 aliphatic heterocycles. The molecule has 168 valence electrons.